The molecular weight excluding hydrogens is 442 g/mol. The maximum Gasteiger partial charge on any atom is 0.233 e. The number of rotatable bonds is 3. The van der Waals surface area contributed by atoms with E-state index in [1.54, 1.807) is 17.0 Å². The SMILES string of the molecule is N#CNC(=Nc1ccc(F)c(Cl)c1)N1CC(N2CCCC2=O)C(c2ccc(Cl)cc2)=N1. The summed E-state index contributed by atoms with van der Waals surface area (Å²) in [6, 6.07) is 10.9. The molecule has 1 amide bonds. The molecule has 1 saturated heterocycles. The van der Waals surface area contributed by atoms with Crippen LogP contribution in [0.1, 0.15) is 18.4 Å². The van der Waals surface area contributed by atoms with Gasteiger partial charge < -0.3 is 4.90 Å². The van der Waals surface area contributed by atoms with Gasteiger partial charge in [0.15, 0.2) is 6.19 Å². The van der Waals surface area contributed by atoms with Crippen molar-refractivity contribution in [1.82, 2.24) is 15.2 Å². The normalized spacial score (nSPS) is 18.9. The number of benzene rings is 2. The number of hydrogen-bond acceptors (Lipinski definition) is 4. The molecular formula is C21H17Cl2FN6O. The molecule has 0 aliphatic carbocycles. The number of amides is 1. The molecule has 0 radical (unpaired) electrons. The van der Waals surface area contributed by atoms with Gasteiger partial charge in [-0.1, -0.05) is 35.3 Å². The number of hydrogen-bond donors (Lipinski definition) is 1. The molecule has 4 rings (SSSR count). The lowest BCUT2D eigenvalue weighted by atomic mass is 10.0. The first-order valence-corrected chi connectivity index (χ1v) is 10.3. The highest BCUT2D eigenvalue weighted by Crippen LogP contribution is 2.26. The van der Waals surface area contributed by atoms with Gasteiger partial charge in [-0.25, -0.2) is 14.4 Å². The van der Waals surface area contributed by atoms with E-state index in [0.29, 0.717) is 35.9 Å². The van der Waals surface area contributed by atoms with Crippen LogP contribution in [0.5, 0.6) is 0 Å². The fourth-order valence-corrected chi connectivity index (χ4v) is 3.91. The number of nitriles is 1. The zero-order valence-corrected chi connectivity index (χ0v) is 17.7. The smallest absolute Gasteiger partial charge is 0.233 e. The molecule has 158 valence electrons. The number of hydrazone groups is 1. The van der Waals surface area contributed by atoms with Crippen LogP contribution in [0.2, 0.25) is 10.0 Å². The molecule has 0 aromatic heterocycles. The zero-order chi connectivity index (χ0) is 22.0. The fraction of sp³-hybridized carbons (Fsp3) is 0.238. The van der Waals surface area contributed by atoms with Crippen LogP contribution >= 0.6 is 23.2 Å². The van der Waals surface area contributed by atoms with Gasteiger partial charge >= 0.3 is 0 Å². The number of halogens is 3. The molecule has 2 aromatic rings. The Morgan fingerprint density at radius 1 is 1.26 bits per heavy atom. The van der Waals surface area contributed by atoms with Crippen LogP contribution in [0.3, 0.4) is 0 Å². The molecule has 2 aliphatic heterocycles. The Kier molecular flexibility index (Phi) is 6.07. The lowest BCUT2D eigenvalue weighted by Gasteiger charge is -2.25. The van der Waals surface area contributed by atoms with Gasteiger partial charge in [-0.05, 0) is 36.8 Å². The van der Waals surface area contributed by atoms with E-state index < -0.39 is 5.82 Å². The molecule has 2 aliphatic rings. The second kappa shape index (κ2) is 8.92. The van der Waals surface area contributed by atoms with Gasteiger partial charge in [-0.15, -0.1) is 0 Å². The van der Waals surface area contributed by atoms with Crippen molar-refractivity contribution >= 4 is 46.5 Å². The van der Waals surface area contributed by atoms with Crippen LogP contribution in [-0.4, -0.2) is 46.6 Å². The minimum Gasteiger partial charge on any atom is -0.332 e. The lowest BCUT2D eigenvalue weighted by Crippen LogP contribution is -2.45. The number of guanidine groups is 1. The summed E-state index contributed by atoms with van der Waals surface area (Å²) in [4.78, 5) is 18.6. The maximum absolute atomic E-state index is 13.5. The van der Waals surface area contributed by atoms with Gasteiger partial charge in [-0.2, -0.15) is 10.4 Å². The largest absolute Gasteiger partial charge is 0.332 e. The first-order chi connectivity index (χ1) is 15.0. The molecule has 2 heterocycles. The Labute approximate surface area is 188 Å². The molecule has 31 heavy (non-hydrogen) atoms. The van der Waals surface area contributed by atoms with Gasteiger partial charge in [0.25, 0.3) is 0 Å². The van der Waals surface area contributed by atoms with E-state index in [4.69, 9.17) is 23.2 Å². The van der Waals surface area contributed by atoms with Crippen molar-refractivity contribution in [1.29, 1.82) is 5.26 Å². The summed E-state index contributed by atoms with van der Waals surface area (Å²) < 4.78 is 13.5. The standard InChI is InChI=1S/C21H17Cl2FN6O/c22-14-5-3-13(4-6-14)20-18(29-9-1-2-19(29)31)11-30(28-20)21(26-12-25)27-15-7-8-17(24)16(23)10-15/h3-8,10,18H,1-2,9,11H2,(H,26,27). The minimum atomic E-state index is -0.563. The summed E-state index contributed by atoms with van der Waals surface area (Å²) in [6.45, 7) is 0.946. The van der Waals surface area contributed by atoms with E-state index in [-0.39, 0.29) is 22.9 Å². The Balaban J connectivity index is 1.72. The molecule has 7 nitrogen and oxygen atoms in total. The second-order valence-electron chi connectivity index (χ2n) is 7.05. The summed E-state index contributed by atoms with van der Waals surface area (Å²) in [5, 5.41) is 18.5. The molecule has 1 atom stereocenters. The Hall–Kier alpha value is -3.15. The van der Waals surface area contributed by atoms with Gasteiger partial charge in [0.05, 0.1) is 29.0 Å². The first kappa shape index (κ1) is 21.1. The van der Waals surface area contributed by atoms with Crippen molar-refractivity contribution in [2.45, 2.75) is 18.9 Å². The number of aliphatic imine (C=N–C) groups is 1. The quantitative estimate of drug-likeness (QED) is 0.327. The third-order valence-corrected chi connectivity index (χ3v) is 5.61. The molecule has 10 heteroatoms. The van der Waals surface area contributed by atoms with Crippen molar-refractivity contribution in [3.8, 4) is 6.19 Å². The van der Waals surface area contributed by atoms with E-state index >= 15 is 0 Å². The van der Waals surface area contributed by atoms with Crippen molar-refractivity contribution in [2.24, 2.45) is 10.1 Å². The van der Waals surface area contributed by atoms with E-state index in [0.717, 1.165) is 12.0 Å². The summed E-state index contributed by atoms with van der Waals surface area (Å²) >= 11 is 11.9. The van der Waals surface area contributed by atoms with Gasteiger partial charge in [0.1, 0.15) is 5.82 Å². The Morgan fingerprint density at radius 2 is 2.03 bits per heavy atom. The highest BCUT2D eigenvalue weighted by atomic mass is 35.5. The second-order valence-corrected chi connectivity index (χ2v) is 7.89. The number of nitrogens with zero attached hydrogens (tertiary/aromatic N) is 5. The maximum atomic E-state index is 13.5. The van der Waals surface area contributed by atoms with Crippen LogP contribution in [-0.2, 0) is 4.79 Å². The Morgan fingerprint density at radius 3 is 2.68 bits per heavy atom. The lowest BCUT2D eigenvalue weighted by molar-refractivity contribution is -0.128. The summed E-state index contributed by atoms with van der Waals surface area (Å²) in [5.41, 5.74) is 1.85. The first-order valence-electron chi connectivity index (χ1n) is 9.56. The topological polar surface area (TPSA) is 84.1 Å². The fourth-order valence-electron chi connectivity index (χ4n) is 3.61. The molecule has 1 N–H and O–H groups in total. The zero-order valence-electron chi connectivity index (χ0n) is 16.2. The van der Waals surface area contributed by atoms with E-state index in [2.05, 4.69) is 15.4 Å². The molecule has 1 fully saturated rings. The van der Waals surface area contributed by atoms with Crippen LogP contribution < -0.4 is 5.32 Å². The average Bonchev–Trinajstić information content (AvgIpc) is 3.37. The van der Waals surface area contributed by atoms with Crippen LogP contribution in [0.25, 0.3) is 0 Å². The molecule has 0 spiro atoms. The van der Waals surface area contributed by atoms with Crippen LogP contribution in [0, 0.1) is 17.3 Å². The molecule has 0 bridgehead atoms. The Bertz CT molecular complexity index is 1110. The van der Waals surface area contributed by atoms with Crippen molar-refractivity contribution in [3.05, 3.63) is 63.9 Å². The number of nitrogens with one attached hydrogen (secondary N) is 1. The number of likely N-dealkylation sites (tertiary alicyclic amines) is 1. The number of carbonyl (C=O) groups is 1. The predicted molar refractivity (Wildman–Crippen MR) is 117 cm³/mol. The molecule has 1 unspecified atom stereocenters. The summed E-state index contributed by atoms with van der Waals surface area (Å²) in [5.74, 6) is -0.358. The monoisotopic (exact) mass is 458 g/mol. The van der Waals surface area contributed by atoms with Gasteiger partial charge in [-0.3, -0.25) is 10.1 Å². The van der Waals surface area contributed by atoms with E-state index in [9.17, 15) is 14.4 Å². The third kappa shape index (κ3) is 4.48. The van der Waals surface area contributed by atoms with Gasteiger partial charge in [0, 0.05) is 23.6 Å². The molecule has 2 aromatic carbocycles. The summed E-state index contributed by atoms with van der Waals surface area (Å²) in [7, 11) is 0. The highest BCUT2D eigenvalue weighted by molar-refractivity contribution is 6.31. The average molecular weight is 459 g/mol. The van der Waals surface area contributed by atoms with Crippen molar-refractivity contribution in [3.63, 3.8) is 0 Å². The minimum absolute atomic E-state index is 0.0607. The van der Waals surface area contributed by atoms with Crippen molar-refractivity contribution < 1.29 is 9.18 Å². The van der Waals surface area contributed by atoms with Crippen molar-refractivity contribution in [2.75, 3.05) is 13.1 Å². The molecule has 0 saturated carbocycles. The van der Waals surface area contributed by atoms with Gasteiger partial charge in [0.2, 0.25) is 11.9 Å². The number of carbonyl (C=O) groups excluding carboxylic acids is 1. The summed E-state index contributed by atoms with van der Waals surface area (Å²) in [6.07, 6.45) is 3.13. The highest BCUT2D eigenvalue weighted by Gasteiger charge is 2.38. The van der Waals surface area contributed by atoms with E-state index in [1.165, 1.54) is 23.2 Å². The predicted octanol–water partition coefficient (Wildman–Crippen LogP) is 3.90. The van der Waals surface area contributed by atoms with Crippen LogP contribution in [0.4, 0.5) is 10.1 Å². The van der Waals surface area contributed by atoms with Crippen LogP contribution in [0.15, 0.2) is 52.6 Å². The van der Waals surface area contributed by atoms with E-state index in [1.807, 2.05) is 18.3 Å². The third-order valence-electron chi connectivity index (χ3n) is 5.07.